The zero-order valence-electron chi connectivity index (χ0n) is 9.98. The Morgan fingerprint density at radius 1 is 1.25 bits per heavy atom. The number of allylic oxidation sites excluding steroid dienone is 3. The average molecular weight is 224 g/mol. The van der Waals surface area contributed by atoms with Gasteiger partial charge >= 0.3 is 5.97 Å². The van der Waals surface area contributed by atoms with Crippen molar-refractivity contribution in [1.29, 1.82) is 0 Å². The molecule has 0 aliphatic rings. The number of hydrogen-bond donors (Lipinski definition) is 1. The number of carbonyl (C=O) groups excluding carboxylic acids is 1. The van der Waals surface area contributed by atoms with Crippen LogP contribution in [-0.4, -0.2) is 16.9 Å². The third-order valence-electron chi connectivity index (χ3n) is 1.95. The first-order valence-electron chi connectivity index (χ1n) is 5.60. The van der Waals surface area contributed by atoms with Crippen molar-refractivity contribution in [3.63, 3.8) is 0 Å². The molecule has 0 aromatic heterocycles. The van der Waals surface area contributed by atoms with Crippen molar-refractivity contribution in [2.45, 2.75) is 39.5 Å². The van der Waals surface area contributed by atoms with Crippen LogP contribution in [0.15, 0.2) is 24.3 Å². The van der Waals surface area contributed by atoms with Crippen molar-refractivity contribution in [2.24, 2.45) is 5.92 Å². The Morgan fingerprint density at radius 3 is 2.50 bits per heavy atom. The van der Waals surface area contributed by atoms with Gasteiger partial charge in [0.2, 0.25) is 0 Å². The molecule has 0 rings (SSSR count). The number of carboxylic acid groups (broad SMARTS) is 1. The molecule has 0 fully saturated rings. The second kappa shape index (κ2) is 8.89. The van der Waals surface area contributed by atoms with Gasteiger partial charge in [-0.25, -0.2) is 4.79 Å². The summed E-state index contributed by atoms with van der Waals surface area (Å²) in [5.74, 6) is -0.206. The van der Waals surface area contributed by atoms with Crippen LogP contribution in [0.4, 0.5) is 0 Å². The van der Waals surface area contributed by atoms with E-state index in [-0.39, 0.29) is 0 Å². The SMILES string of the molecule is CC(C)CC(=O)CCC/C=C/C=C/C(=O)O. The smallest absolute Gasteiger partial charge is 0.328 e. The first kappa shape index (κ1) is 14.6. The molecule has 0 spiro atoms. The molecule has 0 radical (unpaired) electrons. The molecule has 0 heterocycles. The lowest BCUT2D eigenvalue weighted by Crippen LogP contribution is -2.01. The van der Waals surface area contributed by atoms with Crippen LogP contribution in [0.25, 0.3) is 0 Å². The van der Waals surface area contributed by atoms with E-state index >= 15 is 0 Å². The van der Waals surface area contributed by atoms with Gasteiger partial charge in [0.15, 0.2) is 0 Å². The molecule has 0 aliphatic carbocycles. The fourth-order valence-corrected chi connectivity index (χ4v) is 1.29. The maximum absolute atomic E-state index is 11.3. The van der Waals surface area contributed by atoms with E-state index in [9.17, 15) is 9.59 Å². The molecular formula is C13H20O3. The van der Waals surface area contributed by atoms with Crippen molar-refractivity contribution in [3.05, 3.63) is 24.3 Å². The van der Waals surface area contributed by atoms with Gasteiger partial charge in [-0.05, 0) is 18.8 Å². The summed E-state index contributed by atoms with van der Waals surface area (Å²) in [6, 6.07) is 0. The van der Waals surface area contributed by atoms with Gasteiger partial charge in [-0.3, -0.25) is 4.79 Å². The number of carboxylic acids is 1. The second-order valence-electron chi connectivity index (χ2n) is 4.15. The summed E-state index contributed by atoms with van der Waals surface area (Å²) in [6.07, 6.45) is 9.06. The van der Waals surface area contributed by atoms with Gasteiger partial charge in [0.25, 0.3) is 0 Å². The zero-order valence-corrected chi connectivity index (χ0v) is 9.98. The van der Waals surface area contributed by atoms with Crippen molar-refractivity contribution >= 4 is 11.8 Å². The molecule has 3 nitrogen and oxygen atoms in total. The predicted molar refractivity (Wildman–Crippen MR) is 64.2 cm³/mol. The van der Waals surface area contributed by atoms with Crippen LogP contribution < -0.4 is 0 Å². The molecule has 0 aliphatic heterocycles. The highest BCUT2D eigenvalue weighted by Crippen LogP contribution is 2.06. The lowest BCUT2D eigenvalue weighted by atomic mass is 10.0. The lowest BCUT2D eigenvalue weighted by molar-refractivity contribution is -0.131. The molecule has 0 aromatic carbocycles. The molecule has 90 valence electrons. The number of carbonyl (C=O) groups is 2. The molecule has 0 aromatic rings. The minimum atomic E-state index is -0.947. The van der Waals surface area contributed by atoms with Crippen molar-refractivity contribution in [1.82, 2.24) is 0 Å². The van der Waals surface area contributed by atoms with E-state index in [2.05, 4.69) is 0 Å². The predicted octanol–water partition coefficient (Wildman–Crippen LogP) is 2.97. The number of hydrogen-bond acceptors (Lipinski definition) is 2. The maximum atomic E-state index is 11.3. The van der Waals surface area contributed by atoms with Gasteiger partial charge in [0.1, 0.15) is 5.78 Å². The van der Waals surface area contributed by atoms with E-state index in [1.807, 2.05) is 19.9 Å². The Balaban J connectivity index is 3.53. The van der Waals surface area contributed by atoms with E-state index in [0.717, 1.165) is 18.9 Å². The normalized spacial score (nSPS) is 11.7. The summed E-state index contributed by atoms with van der Waals surface area (Å²) in [6.45, 7) is 4.07. The Labute approximate surface area is 96.9 Å². The van der Waals surface area contributed by atoms with E-state index in [4.69, 9.17) is 5.11 Å². The van der Waals surface area contributed by atoms with Crippen LogP contribution in [0.5, 0.6) is 0 Å². The highest BCUT2D eigenvalue weighted by molar-refractivity contribution is 5.80. The van der Waals surface area contributed by atoms with Crippen LogP contribution in [0, 0.1) is 5.92 Å². The van der Waals surface area contributed by atoms with Crippen LogP contribution >= 0.6 is 0 Å². The Bertz CT molecular complexity index is 275. The average Bonchev–Trinajstić information content (AvgIpc) is 2.14. The fourth-order valence-electron chi connectivity index (χ4n) is 1.29. The third kappa shape index (κ3) is 10.7. The van der Waals surface area contributed by atoms with Crippen LogP contribution in [0.2, 0.25) is 0 Å². The van der Waals surface area contributed by atoms with E-state index in [0.29, 0.717) is 24.5 Å². The summed E-state index contributed by atoms with van der Waals surface area (Å²) in [7, 11) is 0. The van der Waals surface area contributed by atoms with Gasteiger partial charge < -0.3 is 5.11 Å². The topological polar surface area (TPSA) is 54.4 Å². The van der Waals surface area contributed by atoms with Gasteiger partial charge in [-0.1, -0.05) is 32.1 Å². The molecule has 0 saturated heterocycles. The van der Waals surface area contributed by atoms with E-state index < -0.39 is 5.97 Å². The Kier molecular flexibility index (Phi) is 8.12. The molecule has 0 atom stereocenters. The van der Waals surface area contributed by atoms with Crippen molar-refractivity contribution in [3.8, 4) is 0 Å². The number of Topliss-reactive ketones (excluding diaryl/α,β-unsaturated/α-hetero) is 1. The van der Waals surface area contributed by atoms with Crippen LogP contribution in [0.3, 0.4) is 0 Å². The molecule has 0 unspecified atom stereocenters. The summed E-state index contributed by atoms with van der Waals surface area (Å²) < 4.78 is 0. The quantitative estimate of drug-likeness (QED) is 0.392. The van der Waals surface area contributed by atoms with E-state index in [1.54, 1.807) is 6.08 Å². The molecule has 16 heavy (non-hydrogen) atoms. The van der Waals surface area contributed by atoms with E-state index in [1.165, 1.54) is 6.08 Å². The lowest BCUT2D eigenvalue weighted by Gasteiger charge is -2.01. The summed E-state index contributed by atoms with van der Waals surface area (Å²) in [5, 5.41) is 8.31. The van der Waals surface area contributed by atoms with Crippen LogP contribution in [0.1, 0.15) is 39.5 Å². The minimum absolute atomic E-state index is 0.310. The molecule has 0 bridgehead atoms. The standard InChI is InChI=1S/C13H20O3/c1-11(2)10-12(14)8-6-4-3-5-7-9-13(15)16/h3,5,7,9,11H,4,6,8,10H2,1-2H3,(H,15,16)/b5-3+,9-7+. The van der Waals surface area contributed by atoms with Crippen LogP contribution in [-0.2, 0) is 9.59 Å². The largest absolute Gasteiger partial charge is 0.478 e. The summed E-state index contributed by atoms with van der Waals surface area (Å²) >= 11 is 0. The summed E-state index contributed by atoms with van der Waals surface area (Å²) in [4.78, 5) is 21.4. The maximum Gasteiger partial charge on any atom is 0.328 e. The van der Waals surface area contributed by atoms with Crippen molar-refractivity contribution in [2.75, 3.05) is 0 Å². The summed E-state index contributed by atoms with van der Waals surface area (Å²) in [5.41, 5.74) is 0. The first-order chi connectivity index (χ1) is 7.52. The zero-order chi connectivity index (χ0) is 12.4. The highest BCUT2D eigenvalue weighted by Gasteiger charge is 2.03. The van der Waals surface area contributed by atoms with Gasteiger partial charge in [-0.2, -0.15) is 0 Å². The number of ketones is 1. The second-order valence-corrected chi connectivity index (χ2v) is 4.15. The third-order valence-corrected chi connectivity index (χ3v) is 1.95. The number of rotatable bonds is 8. The number of unbranched alkanes of at least 4 members (excludes halogenated alkanes) is 1. The molecule has 0 amide bonds. The first-order valence-corrected chi connectivity index (χ1v) is 5.60. The minimum Gasteiger partial charge on any atom is -0.478 e. The Morgan fingerprint density at radius 2 is 1.94 bits per heavy atom. The molecular weight excluding hydrogens is 204 g/mol. The fraction of sp³-hybridized carbons (Fsp3) is 0.538. The molecule has 1 N–H and O–H groups in total. The highest BCUT2D eigenvalue weighted by atomic mass is 16.4. The van der Waals surface area contributed by atoms with Gasteiger partial charge in [-0.15, -0.1) is 0 Å². The molecule has 0 saturated carbocycles. The monoisotopic (exact) mass is 224 g/mol. The Hall–Kier alpha value is -1.38. The van der Waals surface area contributed by atoms with Gasteiger partial charge in [0.05, 0.1) is 0 Å². The number of aliphatic carboxylic acids is 1. The van der Waals surface area contributed by atoms with Crippen molar-refractivity contribution < 1.29 is 14.7 Å². The van der Waals surface area contributed by atoms with Gasteiger partial charge in [0, 0.05) is 18.9 Å². The molecule has 3 heteroatoms.